The lowest BCUT2D eigenvalue weighted by Gasteiger charge is -2.26. The predicted molar refractivity (Wildman–Crippen MR) is 108 cm³/mol. The van der Waals surface area contributed by atoms with Gasteiger partial charge in [-0.15, -0.1) is 0 Å². The van der Waals surface area contributed by atoms with E-state index in [0.29, 0.717) is 12.1 Å². The largest absolute Gasteiger partial charge is 0.361 e. The van der Waals surface area contributed by atoms with E-state index in [2.05, 4.69) is 17.6 Å². The van der Waals surface area contributed by atoms with Crippen molar-refractivity contribution in [3.05, 3.63) is 65.2 Å². The summed E-state index contributed by atoms with van der Waals surface area (Å²) in [5.41, 5.74) is 3.27. The predicted octanol–water partition coefficient (Wildman–Crippen LogP) is 4.19. The Morgan fingerprint density at radius 1 is 1.11 bits per heavy atom. The fourth-order valence-electron chi connectivity index (χ4n) is 3.28. The molecule has 3 rings (SSSR count). The molecule has 2 atom stereocenters. The van der Waals surface area contributed by atoms with E-state index in [4.69, 9.17) is 0 Å². The Kier molecular flexibility index (Phi) is 5.79. The van der Waals surface area contributed by atoms with Crippen molar-refractivity contribution in [3.63, 3.8) is 0 Å². The topological polar surface area (TPSA) is 61.4 Å². The number of nitrogens with one attached hydrogen (secondary N) is 2. The van der Waals surface area contributed by atoms with Crippen LogP contribution >= 0.6 is 0 Å². The molecule has 2 aromatic carbocycles. The Morgan fingerprint density at radius 2 is 1.81 bits per heavy atom. The normalized spacial score (nSPS) is 16.8. The van der Waals surface area contributed by atoms with Gasteiger partial charge in [0.25, 0.3) is 11.8 Å². The van der Waals surface area contributed by atoms with Crippen molar-refractivity contribution < 1.29 is 9.59 Å². The fraction of sp³-hybridized carbons (Fsp3) is 0.364. The van der Waals surface area contributed by atoms with E-state index in [1.165, 1.54) is 0 Å². The van der Waals surface area contributed by atoms with Crippen molar-refractivity contribution in [1.29, 1.82) is 0 Å². The van der Waals surface area contributed by atoms with E-state index >= 15 is 0 Å². The van der Waals surface area contributed by atoms with Crippen molar-refractivity contribution >= 4 is 17.5 Å². The van der Waals surface area contributed by atoms with E-state index in [9.17, 15) is 9.59 Å². The average Bonchev–Trinajstić information content (AvgIpc) is 2.95. The summed E-state index contributed by atoms with van der Waals surface area (Å²) in [6.07, 6.45) is 1.61. The van der Waals surface area contributed by atoms with Gasteiger partial charge in [-0.3, -0.25) is 9.59 Å². The Hall–Kier alpha value is -2.82. The zero-order chi connectivity index (χ0) is 19.4. The Bertz CT molecular complexity index is 817. The number of nitrogens with zero attached hydrogens (tertiary/aromatic N) is 1. The highest BCUT2D eigenvalue weighted by molar-refractivity contribution is 5.99. The van der Waals surface area contributed by atoms with Crippen LogP contribution in [-0.2, 0) is 0 Å². The zero-order valence-corrected chi connectivity index (χ0v) is 16.2. The third-order valence-electron chi connectivity index (χ3n) is 4.96. The van der Waals surface area contributed by atoms with Crippen molar-refractivity contribution in [2.75, 3.05) is 11.9 Å². The Balaban J connectivity index is 1.77. The molecule has 5 nitrogen and oxygen atoms in total. The lowest BCUT2D eigenvalue weighted by Crippen LogP contribution is -2.33. The Morgan fingerprint density at radius 3 is 2.48 bits per heavy atom. The molecule has 0 saturated heterocycles. The Labute approximate surface area is 160 Å². The molecule has 0 aliphatic carbocycles. The zero-order valence-electron chi connectivity index (χ0n) is 16.2. The standard InChI is InChI=1S/C22H27N3O2/c1-4-14-25-20(18-8-6-7-9-19(18)22(25)27)24-17-12-10-16(11-13-17)21(26)23-15(3)5-2/h6-13,15,20,24H,4-5,14H2,1-3H3,(H,23,26). The van der Waals surface area contributed by atoms with Gasteiger partial charge in [0.1, 0.15) is 6.17 Å². The molecule has 0 fully saturated rings. The summed E-state index contributed by atoms with van der Waals surface area (Å²) in [4.78, 5) is 26.8. The molecule has 1 heterocycles. The van der Waals surface area contributed by atoms with Gasteiger partial charge >= 0.3 is 0 Å². The molecule has 5 heteroatoms. The summed E-state index contributed by atoms with van der Waals surface area (Å²) >= 11 is 0. The minimum Gasteiger partial charge on any atom is -0.361 e. The van der Waals surface area contributed by atoms with E-state index < -0.39 is 0 Å². The molecular formula is C22H27N3O2. The first-order valence-electron chi connectivity index (χ1n) is 9.62. The van der Waals surface area contributed by atoms with Gasteiger partial charge in [0.2, 0.25) is 0 Å². The summed E-state index contributed by atoms with van der Waals surface area (Å²) in [5, 5.41) is 6.42. The van der Waals surface area contributed by atoms with E-state index in [1.807, 2.05) is 67.3 Å². The van der Waals surface area contributed by atoms with Crippen LogP contribution in [0.15, 0.2) is 48.5 Å². The maximum atomic E-state index is 12.7. The summed E-state index contributed by atoms with van der Waals surface area (Å²) in [6, 6.07) is 15.3. The summed E-state index contributed by atoms with van der Waals surface area (Å²) in [6.45, 7) is 6.80. The molecule has 142 valence electrons. The van der Waals surface area contributed by atoms with Crippen molar-refractivity contribution in [1.82, 2.24) is 10.2 Å². The first-order chi connectivity index (χ1) is 13.0. The summed E-state index contributed by atoms with van der Waals surface area (Å²) in [7, 11) is 0. The highest BCUT2D eigenvalue weighted by atomic mass is 16.2. The van der Waals surface area contributed by atoms with Crippen molar-refractivity contribution in [2.24, 2.45) is 0 Å². The SMILES string of the molecule is CCCN1C(=O)c2ccccc2C1Nc1ccc(C(=O)NC(C)CC)cc1. The van der Waals surface area contributed by atoms with Crippen LogP contribution < -0.4 is 10.6 Å². The van der Waals surface area contributed by atoms with Crippen LogP contribution in [0.4, 0.5) is 5.69 Å². The van der Waals surface area contributed by atoms with Crippen LogP contribution in [0.3, 0.4) is 0 Å². The number of hydrogen-bond acceptors (Lipinski definition) is 3. The molecule has 0 spiro atoms. The van der Waals surface area contributed by atoms with Gasteiger partial charge in [-0.2, -0.15) is 0 Å². The molecule has 2 aromatic rings. The second-order valence-corrected chi connectivity index (χ2v) is 6.99. The van der Waals surface area contributed by atoms with Crippen LogP contribution in [-0.4, -0.2) is 29.3 Å². The second-order valence-electron chi connectivity index (χ2n) is 6.99. The molecule has 27 heavy (non-hydrogen) atoms. The number of carbonyl (C=O) groups is 2. The first kappa shape index (κ1) is 19.0. The number of amides is 2. The van der Waals surface area contributed by atoms with Crippen molar-refractivity contribution in [2.45, 2.75) is 45.8 Å². The van der Waals surface area contributed by atoms with Gasteiger partial charge in [-0.1, -0.05) is 32.0 Å². The van der Waals surface area contributed by atoms with Crippen LogP contribution in [0.1, 0.15) is 66.1 Å². The van der Waals surface area contributed by atoms with Gasteiger partial charge in [-0.05, 0) is 50.1 Å². The number of benzene rings is 2. The molecule has 1 aliphatic heterocycles. The van der Waals surface area contributed by atoms with Gasteiger partial charge < -0.3 is 15.5 Å². The van der Waals surface area contributed by atoms with Gasteiger partial charge in [0, 0.05) is 35.0 Å². The number of hydrogen-bond donors (Lipinski definition) is 2. The van der Waals surface area contributed by atoms with E-state index in [1.54, 1.807) is 0 Å². The maximum absolute atomic E-state index is 12.7. The lowest BCUT2D eigenvalue weighted by molar-refractivity contribution is 0.0743. The second kappa shape index (κ2) is 8.25. The van der Waals surface area contributed by atoms with Gasteiger partial charge in [-0.25, -0.2) is 0 Å². The minimum atomic E-state index is -0.187. The quantitative estimate of drug-likeness (QED) is 0.773. The third kappa shape index (κ3) is 3.97. The first-order valence-corrected chi connectivity index (χ1v) is 9.62. The molecule has 0 aromatic heterocycles. The minimum absolute atomic E-state index is 0.0644. The van der Waals surface area contributed by atoms with Crippen LogP contribution in [0.5, 0.6) is 0 Å². The van der Waals surface area contributed by atoms with E-state index in [-0.39, 0.29) is 24.0 Å². The third-order valence-corrected chi connectivity index (χ3v) is 4.96. The molecule has 2 amide bonds. The lowest BCUT2D eigenvalue weighted by atomic mass is 10.1. The molecular weight excluding hydrogens is 338 g/mol. The van der Waals surface area contributed by atoms with Crippen molar-refractivity contribution in [3.8, 4) is 0 Å². The molecule has 2 unspecified atom stereocenters. The highest BCUT2D eigenvalue weighted by Gasteiger charge is 2.35. The summed E-state index contributed by atoms with van der Waals surface area (Å²) in [5.74, 6) is -0.000555. The summed E-state index contributed by atoms with van der Waals surface area (Å²) < 4.78 is 0. The number of carbonyl (C=O) groups excluding carboxylic acids is 2. The molecule has 1 aliphatic rings. The molecule has 0 bridgehead atoms. The highest BCUT2D eigenvalue weighted by Crippen LogP contribution is 2.34. The number of fused-ring (bicyclic) bond motifs is 1. The molecule has 0 saturated carbocycles. The smallest absolute Gasteiger partial charge is 0.256 e. The monoisotopic (exact) mass is 365 g/mol. The van der Waals surface area contributed by atoms with Gasteiger partial charge in [0.15, 0.2) is 0 Å². The number of rotatable bonds is 7. The van der Waals surface area contributed by atoms with Gasteiger partial charge in [0.05, 0.1) is 0 Å². The number of anilines is 1. The van der Waals surface area contributed by atoms with E-state index in [0.717, 1.165) is 29.7 Å². The molecule has 2 N–H and O–H groups in total. The molecule has 0 radical (unpaired) electrons. The average molecular weight is 365 g/mol. The van der Waals surface area contributed by atoms with Crippen LogP contribution in [0.2, 0.25) is 0 Å². The van der Waals surface area contributed by atoms with Crippen LogP contribution in [0.25, 0.3) is 0 Å². The maximum Gasteiger partial charge on any atom is 0.256 e. The fourth-order valence-corrected chi connectivity index (χ4v) is 3.28. The van der Waals surface area contributed by atoms with Crippen LogP contribution in [0, 0.1) is 0 Å².